The quantitative estimate of drug-likeness (QED) is 0.834. The van der Waals surface area contributed by atoms with Crippen LogP contribution in [-0.2, 0) is 17.9 Å². The molecule has 0 spiro atoms. The van der Waals surface area contributed by atoms with Crippen LogP contribution in [0.3, 0.4) is 0 Å². The fourth-order valence-corrected chi connectivity index (χ4v) is 3.36. The zero-order chi connectivity index (χ0) is 16.7. The fourth-order valence-electron chi connectivity index (χ4n) is 3.16. The van der Waals surface area contributed by atoms with Crippen molar-refractivity contribution in [1.29, 1.82) is 0 Å². The van der Waals surface area contributed by atoms with E-state index in [9.17, 15) is 4.79 Å². The Bertz CT molecular complexity index is 796. The third-order valence-corrected chi connectivity index (χ3v) is 4.87. The fraction of sp³-hybridized carbons (Fsp3) is 0.353. The molecule has 1 fully saturated rings. The molecule has 0 N–H and O–H groups in total. The van der Waals surface area contributed by atoms with Crippen LogP contribution in [0.5, 0.6) is 0 Å². The number of hydrogen-bond donors (Lipinski definition) is 0. The summed E-state index contributed by atoms with van der Waals surface area (Å²) in [6.07, 6.45) is 1.57. The molecule has 3 heterocycles. The van der Waals surface area contributed by atoms with Gasteiger partial charge in [0.1, 0.15) is 18.0 Å². The first kappa shape index (κ1) is 15.2. The summed E-state index contributed by atoms with van der Waals surface area (Å²) in [4.78, 5) is 26.6. The number of anilines is 2. The maximum Gasteiger partial charge on any atom is 0.241 e. The first-order chi connectivity index (χ1) is 11.6. The maximum absolute atomic E-state index is 11.9. The number of piperazine rings is 1. The Balaban J connectivity index is 1.55. The number of carbonyl (C=O) groups excluding carboxylic acids is 1. The predicted molar refractivity (Wildman–Crippen MR) is 93.2 cm³/mol. The van der Waals surface area contributed by atoms with Crippen LogP contribution in [0.2, 0.25) is 5.02 Å². The molecule has 0 saturated carbocycles. The van der Waals surface area contributed by atoms with Crippen molar-refractivity contribution in [3.63, 3.8) is 0 Å². The first-order valence-electron chi connectivity index (χ1n) is 7.93. The summed E-state index contributed by atoms with van der Waals surface area (Å²) < 4.78 is 0. The Hall–Kier alpha value is -2.34. The second-order valence-corrected chi connectivity index (χ2v) is 6.68. The van der Waals surface area contributed by atoms with Crippen molar-refractivity contribution in [3.8, 4) is 0 Å². The van der Waals surface area contributed by atoms with E-state index in [4.69, 9.17) is 11.6 Å². The normalized spacial score (nSPS) is 17.4. The van der Waals surface area contributed by atoms with Gasteiger partial charge in [0.2, 0.25) is 5.91 Å². The second-order valence-electron chi connectivity index (χ2n) is 6.24. The van der Waals surface area contributed by atoms with Crippen molar-refractivity contribution >= 4 is 29.1 Å². The molecule has 1 aromatic heterocycles. The highest BCUT2D eigenvalue weighted by Gasteiger charge is 2.24. The molecule has 0 bridgehead atoms. The lowest BCUT2D eigenvalue weighted by atomic mass is 10.1. The van der Waals surface area contributed by atoms with Gasteiger partial charge in [-0.2, -0.15) is 0 Å². The van der Waals surface area contributed by atoms with Crippen molar-refractivity contribution < 1.29 is 4.79 Å². The van der Waals surface area contributed by atoms with Gasteiger partial charge in [0.05, 0.1) is 6.54 Å². The van der Waals surface area contributed by atoms with Crippen molar-refractivity contribution in [2.24, 2.45) is 0 Å². The second kappa shape index (κ2) is 5.94. The maximum atomic E-state index is 11.9. The van der Waals surface area contributed by atoms with Gasteiger partial charge in [0, 0.05) is 44.3 Å². The molecule has 2 aliphatic rings. The van der Waals surface area contributed by atoms with Gasteiger partial charge in [-0.25, -0.2) is 9.97 Å². The number of carbonyl (C=O) groups is 1. The molecule has 6 nitrogen and oxygen atoms in total. The molecule has 2 aliphatic heterocycles. The van der Waals surface area contributed by atoms with Crippen LogP contribution in [0.15, 0.2) is 30.6 Å². The molecule has 1 amide bonds. The summed E-state index contributed by atoms with van der Waals surface area (Å²) in [5.74, 6) is 1.79. The summed E-state index contributed by atoms with van der Waals surface area (Å²) in [7, 11) is 1.83. The van der Waals surface area contributed by atoms with Gasteiger partial charge in [-0.3, -0.25) is 4.79 Å². The minimum absolute atomic E-state index is 0.115. The van der Waals surface area contributed by atoms with Gasteiger partial charge in [0.25, 0.3) is 0 Å². The Kier molecular flexibility index (Phi) is 3.76. The zero-order valence-electron chi connectivity index (χ0n) is 13.4. The van der Waals surface area contributed by atoms with Gasteiger partial charge >= 0.3 is 0 Å². The minimum Gasteiger partial charge on any atom is -0.348 e. The lowest BCUT2D eigenvalue weighted by Crippen LogP contribution is -2.48. The number of amides is 1. The van der Waals surface area contributed by atoms with Crippen LogP contribution < -0.4 is 9.80 Å². The topological polar surface area (TPSA) is 52.6 Å². The Morgan fingerprint density at radius 1 is 0.958 bits per heavy atom. The van der Waals surface area contributed by atoms with Crippen LogP contribution >= 0.6 is 11.6 Å². The first-order valence-corrected chi connectivity index (χ1v) is 8.31. The van der Waals surface area contributed by atoms with Crippen LogP contribution in [0, 0.1) is 0 Å². The highest BCUT2D eigenvalue weighted by atomic mass is 35.5. The molecule has 7 heteroatoms. The third-order valence-electron chi connectivity index (χ3n) is 4.63. The number of benzene rings is 1. The number of nitrogens with zero attached hydrogens (tertiary/aromatic N) is 5. The lowest BCUT2D eigenvalue weighted by Gasteiger charge is -2.33. The van der Waals surface area contributed by atoms with Gasteiger partial charge in [-0.15, -0.1) is 0 Å². The van der Waals surface area contributed by atoms with E-state index < -0.39 is 0 Å². The Morgan fingerprint density at radius 3 is 2.50 bits per heavy atom. The third kappa shape index (κ3) is 2.78. The average Bonchev–Trinajstić information content (AvgIpc) is 3.00. The largest absolute Gasteiger partial charge is 0.348 e. The summed E-state index contributed by atoms with van der Waals surface area (Å²) in [6.45, 7) is 3.46. The average molecular weight is 344 g/mol. The molecule has 1 aromatic carbocycles. The number of rotatable bonds is 2. The molecule has 2 aromatic rings. The Morgan fingerprint density at radius 2 is 1.71 bits per heavy atom. The van der Waals surface area contributed by atoms with Crippen molar-refractivity contribution in [2.75, 3.05) is 36.5 Å². The molecule has 0 unspecified atom stereocenters. The van der Waals surface area contributed by atoms with Crippen molar-refractivity contribution in [3.05, 3.63) is 46.7 Å². The molecule has 4 rings (SSSR count). The Labute approximate surface area is 145 Å². The molecule has 24 heavy (non-hydrogen) atoms. The number of aromatic nitrogens is 2. The molecule has 1 saturated heterocycles. The summed E-state index contributed by atoms with van der Waals surface area (Å²) in [5.41, 5.74) is 2.51. The van der Waals surface area contributed by atoms with E-state index in [0.29, 0.717) is 13.1 Å². The number of fused-ring (bicyclic) bond motifs is 1. The molecule has 0 atom stereocenters. The summed E-state index contributed by atoms with van der Waals surface area (Å²) in [6, 6.07) is 7.97. The SMILES string of the molecule is CN1CCN(c2cc(N3Cc4ccc(Cl)cc4C3)ncn2)CC1=O. The van der Waals surface area contributed by atoms with Crippen molar-refractivity contribution in [1.82, 2.24) is 14.9 Å². The standard InChI is InChI=1S/C17H18ClN5O/c1-21-4-5-22(10-17(21)24)15-7-16(20-11-19-15)23-8-12-2-3-14(18)6-13(12)9-23/h2-3,6-7,11H,4-5,8-10H2,1H3. The van der Waals surface area contributed by atoms with E-state index in [2.05, 4.69) is 20.9 Å². The molecule has 0 aliphatic carbocycles. The van der Waals surface area contributed by atoms with E-state index >= 15 is 0 Å². The van der Waals surface area contributed by atoms with E-state index in [0.717, 1.165) is 36.3 Å². The van der Waals surface area contributed by atoms with Crippen LogP contribution in [0.4, 0.5) is 11.6 Å². The van der Waals surface area contributed by atoms with E-state index in [-0.39, 0.29) is 5.91 Å². The predicted octanol–water partition coefficient (Wildman–Crippen LogP) is 1.93. The highest BCUT2D eigenvalue weighted by Crippen LogP contribution is 2.30. The van der Waals surface area contributed by atoms with E-state index in [1.54, 1.807) is 11.2 Å². The number of hydrogen-bond acceptors (Lipinski definition) is 5. The number of likely N-dealkylation sites (N-methyl/N-ethyl adjacent to an activating group) is 1. The zero-order valence-corrected chi connectivity index (χ0v) is 14.2. The van der Waals surface area contributed by atoms with E-state index in [1.165, 1.54) is 11.1 Å². The minimum atomic E-state index is 0.115. The summed E-state index contributed by atoms with van der Waals surface area (Å²) >= 11 is 6.08. The van der Waals surface area contributed by atoms with Gasteiger partial charge < -0.3 is 14.7 Å². The number of halogens is 1. The molecular formula is C17H18ClN5O. The van der Waals surface area contributed by atoms with Gasteiger partial charge in [0.15, 0.2) is 0 Å². The highest BCUT2D eigenvalue weighted by molar-refractivity contribution is 6.30. The van der Waals surface area contributed by atoms with Gasteiger partial charge in [-0.05, 0) is 23.3 Å². The van der Waals surface area contributed by atoms with Gasteiger partial charge in [-0.1, -0.05) is 17.7 Å². The molecule has 0 radical (unpaired) electrons. The van der Waals surface area contributed by atoms with Crippen molar-refractivity contribution in [2.45, 2.75) is 13.1 Å². The molecular weight excluding hydrogens is 326 g/mol. The smallest absolute Gasteiger partial charge is 0.241 e. The van der Waals surface area contributed by atoms with Crippen LogP contribution in [-0.4, -0.2) is 47.5 Å². The molecule has 124 valence electrons. The summed E-state index contributed by atoms with van der Waals surface area (Å²) in [5, 5.41) is 0.759. The monoisotopic (exact) mass is 343 g/mol. The lowest BCUT2D eigenvalue weighted by molar-refractivity contribution is -0.129. The van der Waals surface area contributed by atoms with E-state index in [1.807, 2.05) is 30.1 Å². The van der Waals surface area contributed by atoms with Crippen LogP contribution in [0.25, 0.3) is 0 Å². The van der Waals surface area contributed by atoms with Crippen LogP contribution in [0.1, 0.15) is 11.1 Å².